The van der Waals surface area contributed by atoms with Gasteiger partial charge in [0.15, 0.2) is 0 Å². The Balaban J connectivity index is 2.30. The van der Waals surface area contributed by atoms with Crippen LogP contribution in [0, 0.1) is 0 Å². The second-order valence-corrected chi connectivity index (χ2v) is 4.78. The van der Waals surface area contributed by atoms with Gasteiger partial charge in [-0.1, -0.05) is 6.07 Å². The Morgan fingerprint density at radius 3 is 2.52 bits per heavy atom. The van der Waals surface area contributed by atoms with E-state index < -0.39 is 35.8 Å². The molecule has 5 nitrogen and oxygen atoms in total. The molecule has 21 heavy (non-hydrogen) atoms. The molecule has 0 aromatic heterocycles. The molecule has 2 N–H and O–H groups in total. The van der Waals surface area contributed by atoms with Gasteiger partial charge in [-0.2, -0.15) is 13.2 Å². The molecule has 0 aliphatic carbocycles. The summed E-state index contributed by atoms with van der Waals surface area (Å²) in [4.78, 5) is 24.1. The minimum Gasteiger partial charge on any atom is -0.480 e. The van der Waals surface area contributed by atoms with Crippen LogP contribution in [0.15, 0.2) is 24.3 Å². The number of halogens is 3. The minimum atomic E-state index is -4.59. The van der Waals surface area contributed by atoms with E-state index in [0.29, 0.717) is 6.07 Å². The summed E-state index contributed by atoms with van der Waals surface area (Å²) in [5.74, 6) is -2.14. The zero-order valence-electron chi connectivity index (χ0n) is 10.7. The SMILES string of the molecule is O=C(O)[C@@H]1C[C@H](O)CN1C(=O)c1cccc(C(F)(F)F)c1. The molecular weight excluding hydrogens is 291 g/mol. The van der Waals surface area contributed by atoms with Crippen LogP contribution in [0.5, 0.6) is 0 Å². The van der Waals surface area contributed by atoms with Crippen LogP contribution in [0.4, 0.5) is 13.2 Å². The fraction of sp³-hybridized carbons (Fsp3) is 0.385. The van der Waals surface area contributed by atoms with Crippen molar-refractivity contribution in [1.29, 1.82) is 0 Å². The molecule has 1 aliphatic heterocycles. The molecule has 1 heterocycles. The molecule has 2 atom stereocenters. The molecule has 114 valence electrons. The van der Waals surface area contributed by atoms with Crippen molar-refractivity contribution >= 4 is 11.9 Å². The summed E-state index contributed by atoms with van der Waals surface area (Å²) in [5, 5.41) is 18.5. The zero-order chi connectivity index (χ0) is 15.8. The van der Waals surface area contributed by atoms with Crippen LogP contribution in [0.25, 0.3) is 0 Å². The summed E-state index contributed by atoms with van der Waals surface area (Å²) in [6.45, 7) is -0.216. The highest BCUT2D eigenvalue weighted by molar-refractivity contribution is 5.97. The number of amides is 1. The van der Waals surface area contributed by atoms with E-state index in [1.54, 1.807) is 0 Å². The van der Waals surface area contributed by atoms with Crippen molar-refractivity contribution in [2.24, 2.45) is 0 Å². The first-order chi connectivity index (χ1) is 9.70. The maximum atomic E-state index is 12.6. The number of likely N-dealkylation sites (tertiary alicyclic amines) is 1. The van der Waals surface area contributed by atoms with E-state index in [-0.39, 0.29) is 18.5 Å². The standard InChI is InChI=1S/C13H12F3NO4/c14-13(15,16)8-3-1-2-7(4-8)11(19)17-6-9(18)5-10(17)12(20)21/h1-4,9-10,18H,5-6H2,(H,20,21)/t9-,10-/m0/s1. The van der Waals surface area contributed by atoms with Gasteiger partial charge in [0.1, 0.15) is 6.04 Å². The molecule has 1 aromatic rings. The van der Waals surface area contributed by atoms with Crippen LogP contribution < -0.4 is 0 Å². The number of benzene rings is 1. The van der Waals surface area contributed by atoms with Crippen molar-refractivity contribution < 1.29 is 33.0 Å². The second kappa shape index (κ2) is 5.36. The largest absolute Gasteiger partial charge is 0.480 e. The molecule has 0 radical (unpaired) electrons. The van der Waals surface area contributed by atoms with Crippen molar-refractivity contribution in [2.45, 2.75) is 24.7 Å². The number of rotatable bonds is 2. The summed E-state index contributed by atoms with van der Waals surface area (Å²) >= 11 is 0. The lowest BCUT2D eigenvalue weighted by atomic mass is 10.1. The number of nitrogens with zero attached hydrogens (tertiary/aromatic N) is 1. The van der Waals surface area contributed by atoms with Crippen LogP contribution in [0.1, 0.15) is 22.3 Å². The fourth-order valence-electron chi connectivity index (χ4n) is 2.27. The molecule has 2 rings (SSSR count). The first-order valence-corrected chi connectivity index (χ1v) is 6.09. The first kappa shape index (κ1) is 15.3. The van der Waals surface area contributed by atoms with Crippen molar-refractivity contribution in [1.82, 2.24) is 4.90 Å². The van der Waals surface area contributed by atoms with Gasteiger partial charge in [0.05, 0.1) is 11.7 Å². The molecule has 0 unspecified atom stereocenters. The molecule has 0 spiro atoms. The van der Waals surface area contributed by atoms with Gasteiger partial charge in [0, 0.05) is 18.5 Å². The summed E-state index contributed by atoms with van der Waals surface area (Å²) in [6, 6.07) is 2.53. The predicted molar refractivity (Wildman–Crippen MR) is 64.5 cm³/mol. The topological polar surface area (TPSA) is 77.8 Å². The number of hydrogen-bond acceptors (Lipinski definition) is 3. The Kier molecular flexibility index (Phi) is 3.91. The lowest BCUT2D eigenvalue weighted by molar-refractivity contribution is -0.141. The van der Waals surface area contributed by atoms with Gasteiger partial charge in [0.2, 0.25) is 0 Å². The number of hydrogen-bond donors (Lipinski definition) is 2. The first-order valence-electron chi connectivity index (χ1n) is 6.09. The quantitative estimate of drug-likeness (QED) is 0.865. The second-order valence-electron chi connectivity index (χ2n) is 4.78. The van der Waals surface area contributed by atoms with Crippen molar-refractivity contribution in [3.8, 4) is 0 Å². The highest BCUT2D eigenvalue weighted by Crippen LogP contribution is 2.30. The van der Waals surface area contributed by atoms with Crippen LogP contribution in [-0.4, -0.2) is 45.7 Å². The molecule has 1 amide bonds. The molecule has 1 aromatic carbocycles. The van der Waals surface area contributed by atoms with Crippen LogP contribution in [0.2, 0.25) is 0 Å². The predicted octanol–water partition coefficient (Wildman–Crippen LogP) is 1.37. The fourth-order valence-corrected chi connectivity index (χ4v) is 2.27. The van der Waals surface area contributed by atoms with Crippen LogP contribution in [0.3, 0.4) is 0 Å². The number of carboxylic acids is 1. The third-order valence-corrected chi connectivity index (χ3v) is 3.26. The van der Waals surface area contributed by atoms with Crippen LogP contribution >= 0.6 is 0 Å². The van der Waals surface area contributed by atoms with Gasteiger partial charge in [-0.25, -0.2) is 4.79 Å². The average molecular weight is 303 g/mol. The molecule has 1 aliphatic rings. The summed E-state index contributed by atoms with van der Waals surface area (Å²) in [6.07, 6.45) is -5.73. The number of aliphatic hydroxyl groups is 1. The summed E-state index contributed by atoms with van der Waals surface area (Å²) in [5.41, 5.74) is -1.25. The highest BCUT2D eigenvalue weighted by atomic mass is 19.4. The number of β-amino-alcohol motifs (C(OH)–C–C–N with tert-alkyl or cyclic N) is 1. The Morgan fingerprint density at radius 1 is 1.29 bits per heavy atom. The third-order valence-electron chi connectivity index (χ3n) is 3.26. The highest BCUT2D eigenvalue weighted by Gasteiger charge is 2.39. The zero-order valence-corrected chi connectivity index (χ0v) is 10.7. The van der Waals surface area contributed by atoms with E-state index in [1.165, 1.54) is 6.07 Å². The maximum absolute atomic E-state index is 12.6. The number of carbonyl (C=O) groups excluding carboxylic acids is 1. The Morgan fingerprint density at radius 2 is 1.95 bits per heavy atom. The number of aliphatic carboxylic acids is 1. The minimum absolute atomic E-state index is 0.139. The Labute approximate surface area is 117 Å². The van der Waals surface area contributed by atoms with Crippen LogP contribution in [-0.2, 0) is 11.0 Å². The average Bonchev–Trinajstić information content (AvgIpc) is 2.79. The van der Waals surface area contributed by atoms with Gasteiger partial charge >= 0.3 is 12.1 Å². The smallest absolute Gasteiger partial charge is 0.416 e. The van der Waals surface area contributed by atoms with Crippen molar-refractivity contribution in [3.05, 3.63) is 35.4 Å². The molecule has 8 heteroatoms. The van der Waals surface area contributed by atoms with E-state index in [0.717, 1.165) is 17.0 Å². The number of carboxylic acid groups (broad SMARTS) is 1. The van der Waals surface area contributed by atoms with Gasteiger partial charge < -0.3 is 15.1 Å². The molecule has 1 saturated heterocycles. The summed E-state index contributed by atoms with van der Waals surface area (Å²) in [7, 11) is 0. The number of alkyl halides is 3. The number of aliphatic hydroxyl groups excluding tert-OH is 1. The van der Waals surface area contributed by atoms with Crippen molar-refractivity contribution in [3.63, 3.8) is 0 Å². The molecular formula is C13H12F3NO4. The van der Waals surface area contributed by atoms with Crippen molar-refractivity contribution in [2.75, 3.05) is 6.54 Å². The lowest BCUT2D eigenvalue weighted by Gasteiger charge is -2.21. The third kappa shape index (κ3) is 3.15. The molecule has 0 saturated carbocycles. The Bertz CT molecular complexity index is 573. The van der Waals surface area contributed by atoms with Gasteiger partial charge in [0.25, 0.3) is 5.91 Å². The number of carbonyl (C=O) groups is 2. The van der Waals surface area contributed by atoms with E-state index >= 15 is 0 Å². The van der Waals surface area contributed by atoms with Gasteiger partial charge in [-0.05, 0) is 18.2 Å². The summed E-state index contributed by atoms with van der Waals surface area (Å²) < 4.78 is 37.8. The Hall–Kier alpha value is -2.09. The van der Waals surface area contributed by atoms with Gasteiger partial charge in [-0.3, -0.25) is 4.79 Å². The van der Waals surface area contributed by atoms with E-state index in [2.05, 4.69) is 0 Å². The monoisotopic (exact) mass is 303 g/mol. The lowest BCUT2D eigenvalue weighted by Crippen LogP contribution is -2.40. The van der Waals surface area contributed by atoms with E-state index in [9.17, 15) is 27.9 Å². The van der Waals surface area contributed by atoms with E-state index in [4.69, 9.17) is 5.11 Å². The molecule has 0 bridgehead atoms. The maximum Gasteiger partial charge on any atom is 0.416 e. The molecule has 1 fully saturated rings. The van der Waals surface area contributed by atoms with E-state index in [1.807, 2.05) is 0 Å². The normalized spacial score (nSPS) is 22.4. The van der Waals surface area contributed by atoms with Gasteiger partial charge in [-0.15, -0.1) is 0 Å².